The molecule has 0 aromatic carbocycles. The van der Waals surface area contributed by atoms with Gasteiger partial charge in [-0.3, -0.25) is 4.90 Å². The molecule has 5 nitrogen and oxygen atoms in total. The molecule has 1 unspecified atom stereocenters. The third-order valence-corrected chi connectivity index (χ3v) is 3.35. The normalized spacial score (nSPS) is 20.4. The van der Waals surface area contributed by atoms with E-state index in [1.54, 1.807) is 0 Å². The number of nitrogens with one attached hydrogen (secondary N) is 1. The van der Waals surface area contributed by atoms with Crippen molar-refractivity contribution < 1.29 is 5.11 Å². The van der Waals surface area contributed by atoms with E-state index in [1.807, 2.05) is 26.4 Å². The molecule has 2 N–H and O–H groups in total. The summed E-state index contributed by atoms with van der Waals surface area (Å²) >= 11 is 0. The van der Waals surface area contributed by atoms with E-state index in [-0.39, 0.29) is 12.1 Å². The van der Waals surface area contributed by atoms with Crippen LogP contribution in [0.15, 0.2) is 12.4 Å². The fourth-order valence-corrected chi connectivity index (χ4v) is 2.06. The van der Waals surface area contributed by atoms with Crippen molar-refractivity contribution in [2.24, 2.45) is 0 Å². The van der Waals surface area contributed by atoms with Gasteiger partial charge in [-0.05, 0) is 14.0 Å². The highest BCUT2D eigenvalue weighted by Crippen LogP contribution is 2.13. The Morgan fingerprint density at radius 3 is 3.06 bits per heavy atom. The van der Waals surface area contributed by atoms with Crippen molar-refractivity contribution in [3.8, 4) is 0 Å². The van der Waals surface area contributed by atoms with E-state index in [9.17, 15) is 5.11 Å². The maximum absolute atomic E-state index is 9.36. The van der Waals surface area contributed by atoms with Gasteiger partial charge in [0.25, 0.3) is 0 Å². The molecular weight excluding hydrogens is 204 g/mol. The summed E-state index contributed by atoms with van der Waals surface area (Å²) in [6, 6.07) is 0. The second-order valence-electron chi connectivity index (χ2n) is 4.72. The summed E-state index contributed by atoms with van der Waals surface area (Å²) in [6.07, 6.45) is 3.87. The number of nitrogens with zero attached hydrogens (tertiary/aromatic N) is 3. The largest absolute Gasteiger partial charge is 0.394 e. The fourth-order valence-electron chi connectivity index (χ4n) is 2.06. The van der Waals surface area contributed by atoms with Gasteiger partial charge < -0.3 is 15.0 Å². The van der Waals surface area contributed by atoms with Crippen LogP contribution in [-0.4, -0.2) is 51.8 Å². The smallest absolute Gasteiger partial charge is 0.122 e. The molecule has 2 heterocycles. The van der Waals surface area contributed by atoms with E-state index in [0.29, 0.717) is 0 Å². The molecule has 0 fully saturated rings. The number of likely N-dealkylation sites (N-methyl/N-ethyl adjacent to an activating group) is 1. The SMILES string of the molecule is CNC(C)(CO)CN1CCn2ccnc2C1. The summed E-state index contributed by atoms with van der Waals surface area (Å²) in [7, 11) is 1.89. The molecule has 1 aromatic heterocycles. The number of rotatable bonds is 4. The molecule has 0 radical (unpaired) electrons. The van der Waals surface area contributed by atoms with Crippen LogP contribution in [0.2, 0.25) is 0 Å². The first kappa shape index (κ1) is 11.6. The molecule has 1 aliphatic rings. The molecule has 0 spiro atoms. The first-order valence-corrected chi connectivity index (χ1v) is 5.69. The Balaban J connectivity index is 1.99. The number of aromatic nitrogens is 2. The number of hydrogen-bond acceptors (Lipinski definition) is 4. The van der Waals surface area contributed by atoms with Crippen LogP contribution >= 0.6 is 0 Å². The van der Waals surface area contributed by atoms with Crippen LogP contribution < -0.4 is 5.32 Å². The molecule has 0 bridgehead atoms. The standard InChI is InChI=1S/C11H20N4O/c1-11(9-16,12-2)8-14-5-6-15-4-3-13-10(15)7-14/h3-4,12,16H,5-9H2,1-2H3. The van der Waals surface area contributed by atoms with E-state index in [1.165, 1.54) is 0 Å². The maximum Gasteiger partial charge on any atom is 0.122 e. The lowest BCUT2D eigenvalue weighted by Crippen LogP contribution is -2.53. The minimum Gasteiger partial charge on any atom is -0.394 e. The van der Waals surface area contributed by atoms with Crippen molar-refractivity contribution >= 4 is 0 Å². The summed E-state index contributed by atoms with van der Waals surface area (Å²) < 4.78 is 2.19. The Kier molecular flexibility index (Phi) is 3.28. The Bertz CT molecular complexity index is 346. The van der Waals surface area contributed by atoms with Crippen molar-refractivity contribution in [1.82, 2.24) is 19.8 Å². The van der Waals surface area contributed by atoms with E-state index in [0.717, 1.165) is 32.0 Å². The molecule has 5 heteroatoms. The lowest BCUT2D eigenvalue weighted by molar-refractivity contribution is 0.109. The zero-order chi connectivity index (χ0) is 11.6. The van der Waals surface area contributed by atoms with Crippen LogP contribution in [0.3, 0.4) is 0 Å². The van der Waals surface area contributed by atoms with Crippen LogP contribution in [0.4, 0.5) is 0 Å². The summed E-state index contributed by atoms with van der Waals surface area (Å²) in [5.74, 6) is 1.11. The highest BCUT2D eigenvalue weighted by molar-refractivity contribution is 4.97. The average molecular weight is 224 g/mol. The zero-order valence-electron chi connectivity index (χ0n) is 9.98. The van der Waals surface area contributed by atoms with Gasteiger partial charge in [-0.15, -0.1) is 0 Å². The van der Waals surface area contributed by atoms with Crippen LogP contribution in [0.25, 0.3) is 0 Å². The van der Waals surface area contributed by atoms with Crippen molar-refractivity contribution in [2.45, 2.75) is 25.6 Å². The van der Waals surface area contributed by atoms with Gasteiger partial charge in [0, 0.05) is 32.0 Å². The summed E-state index contributed by atoms with van der Waals surface area (Å²) in [6.45, 7) is 5.89. The molecule has 1 aromatic rings. The molecular formula is C11H20N4O. The van der Waals surface area contributed by atoms with Gasteiger partial charge in [0.15, 0.2) is 0 Å². The van der Waals surface area contributed by atoms with Crippen molar-refractivity contribution in [3.05, 3.63) is 18.2 Å². The predicted octanol–water partition coefficient (Wildman–Crippen LogP) is -0.331. The Morgan fingerprint density at radius 1 is 1.56 bits per heavy atom. The van der Waals surface area contributed by atoms with Crippen LogP contribution in [-0.2, 0) is 13.1 Å². The van der Waals surface area contributed by atoms with E-state index in [2.05, 4.69) is 19.8 Å². The molecule has 0 aliphatic carbocycles. The third-order valence-electron chi connectivity index (χ3n) is 3.35. The van der Waals surface area contributed by atoms with Crippen molar-refractivity contribution in [2.75, 3.05) is 26.7 Å². The van der Waals surface area contributed by atoms with E-state index in [4.69, 9.17) is 0 Å². The fraction of sp³-hybridized carbons (Fsp3) is 0.727. The number of fused-ring (bicyclic) bond motifs is 1. The second kappa shape index (κ2) is 4.53. The van der Waals surface area contributed by atoms with E-state index < -0.39 is 0 Å². The zero-order valence-corrected chi connectivity index (χ0v) is 9.98. The summed E-state index contributed by atoms with van der Waals surface area (Å²) in [4.78, 5) is 6.66. The van der Waals surface area contributed by atoms with Gasteiger partial charge in [-0.2, -0.15) is 0 Å². The lowest BCUT2D eigenvalue weighted by atomic mass is 10.0. The number of aliphatic hydroxyl groups is 1. The van der Waals surface area contributed by atoms with Crippen LogP contribution in [0.1, 0.15) is 12.7 Å². The van der Waals surface area contributed by atoms with Gasteiger partial charge >= 0.3 is 0 Å². The Labute approximate surface area is 96.1 Å². The van der Waals surface area contributed by atoms with Gasteiger partial charge in [0.1, 0.15) is 5.82 Å². The highest BCUT2D eigenvalue weighted by Gasteiger charge is 2.26. The number of aliphatic hydroxyl groups excluding tert-OH is 1. The van der Waals surface area contributed by atoms with Gasteiger partial charge in [-0.25, -0.2) is 4.98 Å². The molecule has 0 amide bonds. The average Bonchev–Trinajstić information content (AvgIpc) is 2.76. The minimum absolute atomic E-state index is 0.147. The third kappa shape index (κ3) is 2.26. The molecule has 0 saturated heterocycles. The molecule has 0 saturated carbocycles. The van der Waals surface area contributed by atoms with Gasteiger partial charge in [-0.1, -0.05) is 0 Å². The number of hydrogen-bond donors (Lipinski definition) is 2. The van der Waals surface area contributed by atoms with Gasteiger partial charge in [0.05, 0.1) is 18.7 Å². The van der Waals surface area contributed by atoms with Crippen molar-refractivity contribution in [3.63, 3.8) is 0 Å². The monoisotopic (exact) mass is 224 g/mol. The quantitative estimate of drug-likeness (QED) is 0.735. The number of imidazole rings is 1. The van der Waals surface area contributed by atoms with Crippen LogP contribution in [0, 0.1) is 0 Å². The Morgan fingerprint density at radius 2 is 2.38 bits per heavy atom. The second-order valence-corrected chi connectivity index (χ2v) is 4.72. The maximum atomic E-state index is 9.36. The van der Waals surface area contributed by atoms with Crippen LogP contribution in [0.5, 0.6) is 0 Å². The molecule has 1 aliphatic heterocycles. The topological polar surface area (TPSA) is 53.3 Å². The predicted molar refractivity (Wildman–Crippen MR) is 62.1 cm³/mol. The molecule has 2 rings (SSSR count). The highest BCUT2D eigenvalue weighted by atomic mass is 16.3. The minimum atomic E-state index is -0.227. The first-order chi connectivity index (χ1) is 7.67. The Hall–Kier alpha value is -0.910. The van der Waals surface area contributed by atoms with E-state index >= 15 is 0 Å². The molecule has 16 heavy (non-hydrogen) atoms. The van der Waals surface area contributed by atoms with Crippen molar-refractivity contribution in [1.29, 1.82) is 0 Å². The summed E-state index contributed by atoms with van der Waals surface area (Å²) in [5.41, 5.74) is -0.227. The molecule has 1 atom stereocenters. The first-order valence-electron chi connectivity index (χ1n) is 5.69. The molecule has 90 valence electrons. The van der Waals surface area contributed by atoms with Gasteiger partial charge in [0.2, 0.25) is 0 Å². The summed E-state index contributed by atoms with van der Waals surface area (Å²) in [5, 5.41) is 12.5. The lowest BCUT2D eigenvalue weighted by Gasteiger charge is -2.36.